The number of amides is 1. The first-order valence-corrected chi connectivity index (χ1v) is 8.66. The van der Waals surface area contributed by atoms with Crippen molar-refractivity contribution in [2.75, 3.05) is 18.0 Å². The highest BCUT2D eigenvalue weighted by atomic mass is 35.5. The second-order valence-electron chi connectivity index (χ2n) is 6.27. The first-order valence-electron chi connectivity index (χ1n) is 8.28. The third kappa shape index (κ3) is 4.63. The number of halogens is 2. The van der Waals surface area contributed by atoms with Crippen molar-refractivity contribution in [3.8, 4) is 5.75 Å². The van der Waals surface area contributed by atoms with Gasteiger partial charge in [-0.25, -0.2) is 4.39 Å². The highest BCUT2D eigenvalue weighted by molar-refractivity contribution is 6.32. The van der Waals surface area contributed by atoms with E-state index < -0.39 is 0 Å². The minimum atomic E-state index is -0.236. The zero-order chi connectivity index (χ0) is 17.8. The minimum absolute atomic E-state index is 0.0130. The summed E-state index contributed by atoms with van der Waals surface area (Å²) < 4.78 is 13.0. The predicted octanol–water partition coefficient (Wildman–Crippen LogP) is 3.51. The lowest BCUT2D eigenvalue weighted by Gasteiger charge is -2.34. The topological polar surface area (TPSA) is 52.6 Å². The summed E-state index contributed by atoms with van der Waals surface area (Å²) in [7, 11) is 0. The molecule has 2 N–H and O–H groups in total. The van der Waals surface area contributed by atoms with Gasteiger partial charge >= 0.3 is 0 Å². The van der Waals surface area contributed by atoms with Gasteiger partial charge in [0.25, 0.3) is 0 Å². The van der Waals surface area contributed by atoms with Crippen LogP contribution in [0, 0.1) is 5.82 Å². The van der Waals surface area contributed by atoms with Gasteiger partial charge in [-0.3, -0.25) is 4.79 Å². The number of benzene rings is 2. The summed E-state index contributed by atoms with van der Waals surface area (Å²) in [5.41, 5.74) is 1.77. The van der Waals surface area contributed by atoms with E-state index in [9.17, 15) is 14.3 Å². The Morgan fingerprint density at radius 2 is 1.88 bits per heavy atom. The number of hydrogen-bond acceptors (Lipinski definition) is 3. The summed E-state index contributed by atoms with van der Waals surface area (Å²) in [6.45, 7) is 1.64. The van der Waals surface area contributed by atoms with Crippen LogP contribution in [0.5, 0.6) is 5.75 Å². The maximum absolute atomic E-state index is 13.0. The van der Waals surface area contributed by atoms with Gasteiger partial charge in [0.05, 0.1) is 11.4 Å². The molecule has 1 saturated heterocycles. The van der Waals surface area contributed by atoms with E-state index in [1.807, 2.05) is 0 Å². The van der Waals surface area contributed by atoms with Gasteiger partial charge in [-0.2, -0.15) is 0 Å². The fraction of sp³-hybridized carbons (Fsp3) is 0.316. The number of nitrogens with zero attached hydrogens (tertiary/aromatic N) is 1. The second-order valence-corrected chi connectivity index (χ2v) is 6.67. The van der Waals surface area contributed by atoms with Crippen LogP contribution in [0.2, 0.25) is 5.02 Å². The monoisotopic (exact) mass is 362 g/mol. The predicted molar refractivity (Wildman–Crippen MR) is 96.6 cm³/mol. The van der Waals surface area contributed by atoms with Crippen molar-refractivity contribution in [1.82, 2.24) is 5.32 Å². The molecule has 1 amide bonds. The van der Waals surface area contributed by atoms with Gasteiger partial charge in [-0.1, -0.05) is 17.7 Å². The van der Waals surface area contributed by atoms with Crippen molar-refractivity contribution >= 4 is 23.2 Å². The summed E-state index contributed by atoms with van der Waals surface area (Å²) in [5, 5.41) is 12.7. The number of carbonyl (C=O) groups excluding carboxylic acids is 1. The first-order chi connectivity index (χ1) is 12.0. The van der Waals surface area contributed by atoms with E-state index >= 15 is 0 Å². The van der Waals surface area contributed by atoms with Crippen molar-refractivity contribution in [2.24, 2.45) is 0 Å². The van der Waals surface area contributed by atoms with Crippen LogP contribution in [-0.2, 0) is 11.2 Å². The van der Waals surface area contributed by atoms with E-state index in [4.69, 9.17) is 11.6 Å². The average molecular weight is 363 g/mol. The first kappa shape index (κ1) is 17.5. The molecule has 0 bridgehead atoms. The molecule has 0 atom stereocenters. The van der Waals surface area contributed by atoms with Crippen molar-refractivity contribution in [3.63, 3.8) is 0 Å². The summed E-state index contributed by atoms with van der Waals surface area (Å²) >= 11 is 5.86. The molecule has 6 heteroatoms. The third-order valence-corrected chi connectivity index (χ3v) is 4.73. The fourth-order valence-electron chi connectivity index (χ4n) is 3.06. The number of piperidine rings is 1. The highest BCUT2D eigenvalue weighted by Crippen LogP contribution is 2.24. The molecule has 0 spiro atoms. The number of aromatic hydroxyl groups is 1. The normalized spacial score (nSPS) is 15.2. The molecule has 2 aromatic rings. The van der Waals surface area contributed by atoms with Crippen LogP contribution in [-0.4, -0.2) is 30.1 Å². The summed E-state index contributed by atoms with van der Waals surface area (Å²) in [5.74, 6) is -0.277. The highest BCUT2D eigenvalue weighted by Gasteiger charge is 2.21. The number of hydrogen-bond donors (Lipinski definition) is 2. The molecular formula is C19H20ClFN2O2. The molecule has 1 fully saturated rings. The smallest absolute Gasteiger partial charge is 0.224 e. The third-order valence-electron chi connectivity index (χ3n) is 4.43. The summed E-state index contributed by atoms with van der Waals surface area (Å²) in [4.78, 5) is 14.4. The van der Waals surface area contributed by atoms with E-state index in [0.29, 0.717) is 0 Å². The number of rotatable bonds is 4. The van der Waals surface area contributed by atoms with E-state index in [0.717, 1.165) is 37.2 Å². The molecule has 0 unspecified atom stereocenters. The molecular weight excluding hydrogens is 343 g/mol. The van der Waals surface area contributed by atoms with Gasteiger partial charge in [-0.05, 0) is 54.8 Å². The molecule has 2 aromatic carbocycles. The lowest BCUT2D eigenvalue weighted by Crippen LogP contribution is -2.45. The minimum Gasteiger partial charge on any atom is -0.506 e. The van der Waals surface area contributed by atoms with Crippen LogP contribution in [0.1, 0.15) is 18.4 Å². The van der Waals surface area contributed by atoms with Crippen LogP contribution in [0.25, 0.3) is 0 Å². The largest absolute Gasteiger partial charge is 0.506 e. The number of anilines is 1. The zero-order valence-electron chi connectivity index (χ0n) is 13.7. The summed E-state index contributed by atoms with van der Waals surface area (Å²) in [6, 6.07) is 11.4. The van der Waals surface area contributed by atoms with Crippen LogP contribution >= 0.6 is 11.6 Å². The van der Waals surface area contributed by atoms with Crippen LogP contribution in [0.4, 0.5) is 10.1 Å². The molecule has 1 heterocycles. The molecule has 1 aliphatic heterocycles. The quantitative estimate of drug-likeness (QED) is 0.875. The standard InChI is InChI=1S/C19H20ClFN2O2/c20-17-11-13(1-6-18(17)24)12-19(25)22-15-7-9-23(10-8-15)16-4-2-14(21)3-5-16/h1-6,11,15,24H,7-10,12H2,(H,22,25). The second kappa shape index (κ2) is 7.74. The van der Waals surface area contributed by atoms with E-state index in [2.05, 4.69) is 10.2 Å². The molecule has 0 saturated carbocycles. The van der Waals surface area contributed by atoms with Crippen molar-refractivity contribution in [1.29, 1.82) is 0 Å². The zero-order valence-corrected chi connectivity index (χ0v) is 14.5. The Kier molecular flexibility index (Phi) is 5.43. The Balaban J connectivity index is 1.49. The SMILES string of the molecule is O=C(Cc1ccc(O)c(Cl)c1)NC1CCN(c2ccc(F)cc2)CC1. The molecule has 25 heavy (non-hydrogen) atoms. The van der Waals surface area contributed by atoms with Crippen LogP contribution in [0.3, 0.4) is 0 Å². The molecule has 3 rings (SSSR count). The Hall–Kier alpha value is -2.27. The summed E-state index contributed by atoms with van der Waals surface area (Å²) in [6.07, 6.45) is 1.93. The molecule has 4 nitrogen and oxygen atoms in total. The Bertz CT molecular complexity index is 744. The number of phenolic OH excluding ortho intramolecular Hbond substituents is 1. The van der Waals surface area contributed by atoms with Crippen molar-refractivity contribution in [3.05, 3.63) is 58.9 Å². The lowest BCUT2D eigenvalue weighted by atomic mass is 10.0. The maximum atomic E-state index is 13.0. The molecule has 0 aliphatic carbocycles. The van der Waals surface area contributed by atoms with Gasteiger partial charge in [0, 0.05) is 24.8 Å². The fourth-order valence-corrected chi connectivity index (χ4v) is 3.26. The molecule has 0 aromatic heterocycles. The van der Waals surface area contributed by atoms with Crippen molar-refractivity contribution in [2.45, 2.75) is 25.3 Å². The Labute approximate surface area is 151 Å². The van der Waals surface area contributed by atoms with Crippen molar-refractivity contribution < 1.29 is 14.3 Å². The Morgan fingerprint density at radius 1 is 1.20 bits per heavy atom. The Morgan fingerprint density at radius 3 is 2.52 bits per heavy atom. The molecule has 0 radical (unpaired) electrons. The van der Waals surface area contributed by atoms with E-state index in [1.165, 1.54) is 18.2 Å². The van der Waals surface area contributed by atoms with Gasteiger partial charge < -0.3 is 15.3 Å². The van der Waals surface area contributed by atoms with Gasteiger partial charge in [0.1, 0.15) is 11.6 Å². The van der Waals surface area contributed by atoms with E-state index in [-0.39, 0.29) is 35.0 Å². The number of carbonyl (C=O) groups is 1. The van der Waals surface area contributed by atoms with Gasteiger partial charge in [0.2, 0.25) is 5.91 Å². The van der Waals surface area contributed by atoms with E-state index in [1.54, 1.807) is 24.3 Å². The van der Waals surface area contributed by atoms with Crippen LogP contribution in [0.15, 0.2) is 42.5 Å². The van der Waals surface area contributed by atoms with Gasteiger partial charge in [-0.15, -0.1) is 0 Å². The average Bonchev–Trinajstić information content (AvgIpc) is 2.60. The molecule has 132 valence electrons. The number of nitrogens with one attached hydrogen (secondary N) is 1. The molecule has 1 aliphatic rings. The number of phenols is 1. The van der Waals surface area contributed by atoms with Gasteiger partial charge in [0.15, 0.2) is 0 Å². The lowest BCUT2D eigenvalue weighted by molar-refractivity contribution is -0.121. The maximum Gasteiger partial charge on any atom is 0.224 e. The van der Waals surface area contributed by atoms with Crippen LogP contribution < -0.4 is 10.2 Å².